The van der Waals surface area contributed by atoms with Crippen molar-refractivity contribution in [3.05, 3.63) is 24.3 Å². The summed E-state index contributed by atoms with van der Waals surface area (Å²) in [6.07, 6.45) is 6.10. The Morgan fingerprint density at radius 3 is 2.35 bits per heavy atom. The van der Waals surface area contributed by atoms with Crippen LogP contribution in [-0.4, -0.2) is 36.1 Å². The fourth-order valence-electron chi connectivity index (χ4n) is 1.30. The molecule has 0 saturated carbocycles. The second-order valence-corrected chi connectivity index (χ2v) is 7.90. The molecule has 1 unspecified atom stereocenters. The second-order valence-electron chi connectivity index (χ2n) is 4.48. The SMILES string of the molecule is CC(C)CSC(CS(C)(=O)=O)c1cncnc1. The first-order chi connectivity index (χ1) is 7.88. The lowest BCUT2D eigenvalue weighted by atomic mass is 10.2. The van der Waals surface area contributed by atoms with Gasteiger partial charge < -0.3 is 0 Å². The quantitative estimate of drug-likeness (QED) is 0.793. The van der Waals surface area contributed by atoms with E-state index in [9.17, 15) is 8.42 Å². The third kappa shape index (κ3) is 6.02. The van der Waals surface area contributed by atoms with E-state index in [0.717, 1.165) is 11.3 Å². The fourth-order valence-corrected chi connectivity index (χ4v) is 4.10. The van der Waals surface area contributed by atoms with Crippen LogP contribution in [0.5, 0.6) is 0 Å². The molecule has 1 aromatic heterocycles. The minimum Gasteiger partial charge on any atom is -0.244 e. The lowest BCUT2D eigenvalue weighted by molar-refractivity contribution is 0.600. The summed E-state index contributed by atoms with van der Waals surface area (Å²) in [7, 11) is -3.00. The van der Waals surface area contributed by atoms with Crippen molar-refractivity contribution in [2.75, 3.05) is 17.8 Å². The average molecular weight is 274 g/mol. The zero-order valence-electron chi connectivity index (χ0n) is 10.3. The summed E-state index contributed by atoms with van der Waals surface area (Å²) in [6, 6.07) is 0. The molecule has 0 fully saturated rings. The molecule has 4 nitrogen and oxygen atoms in total. The Bertz CT molecular complexity index is 432. The molecule has 96 valence electrons. The minimum absolute atomic E-state index is 0.0754. The molecule has 1 rings (SSSR count). The molecule has 17 heavy (non-hydrogen) atoms. The first-order valence-electron chi connectivity index (χ1n) is 5.42. The Labute approximate surface area is 107 Å². The van der Waals surface area contributed by atoms with Crippen LogP contribution in [0.1, 0.15) is 24.7 Å². The van der Waals surface area contributed by atoms with Crippen molar-refractivity contribution < 1.29 is 8.42 Å². The Morgan fingerprint density at radius 1 is 1.29 bits per heavy atom. The van der Waals surface area contributed by atoms with Crippen LogP contribution < -0.4 is 0 Å². The maximum atomic E-state index is 11.4. The lowest BCUT2D eigenvalue weighted by Crippen LogP contribution is -2.12. The van der Waals surface area contributed by atoms with E-state index in [1.165, 1.54) is 12.6 Å². The first-order valence-corrected chi connectivity index (χ1v) is 8.53. The molecule has 0 aliphatic heterocycles. The van der Waals surface area contributed by atoms with Gasteiger partial charge in [0, 0.05) is 29.5 Å². The summed E-state index contributed by atoms with van der Waals surface area (Å²) >= 11 is 1.65. The molecule has 1 atom stereocenters. The van der Waals surface area contributed by atoms with Crippen LogP contribution in [0.4, 0.5) is 0 Å². The van der Waals surface area contributed by atoms with Crippen LogP contribution in [0.15, 0.2) is 18.7 Å². The van der Waals surface area contributed by atoms with Crippen molar-refractivity contribution in [3.63, 3.8) is 0 Å². The highest BCUT2D eigenvalue weighted by atomic mass is 32.2. The van der Waals surface area contributed by atoms with Gasteiger partial charge in [0.15, 0.2) is 0 Å². The summed E-state index contributed by atoms with van der Waals surface area (Å²) in [4.78, 5) is 7.89. The van der Waals surface area contributed by atoms with Gasteiger partial charge in [-0.25, -0.2) is 18.4 Å². The van der Waals surface area contributed by atoms with Crippen LogP contribution in [0.25, 0.3) is 0 Å². The van der Waals surface area contributed by atoms with E-state index in [1.54, 1.807) is 24.2 Å². The highest BCUT2D eigenvalue weighted by molar-refractivity contribution is 8.00. The molecular formula is C11H18N2O2S2. The van der Waals surface area contributed by atoms with Crippen LogP contribution in [-0.2, 0) is 9.84 Å². The summed E-state index contributed by atoms with van der Waals surface area (Å²) in [5.74, 6) is 1.60. The summed E-state index contributed by atoms with van der Waals surface area (Å²) in [5.41, 5.74) is 0.878. The summed E-state index contributed by atoms with van der Waals surface area (Å²) < 4.78 is 22.8. The molecule has 1 aromatic rings. The number of sulfone groups is 1. The molecule has 0 radical (unpaired) electrons. The van der Waals surface area contributed by atoms with E-state index >= 15 is 0 Å². The molecule has 1 heterocycles. The second kappa shape index (κ2) is 6.35. The lowest BCUT2D eigenvalue weighted by Gasteiger charge is -2.16. The molecule has 0 aliphatic carbocycles. The van der Waals surface area contributed by atoms with Gasteiger partial charge in [-0.15, -0.1) is 0 Å². The maximum Gasteiger partial charge on any atom is 0.148 e. The minimum atomic E-state index is -3.00. The van der Waals surface area contributed by atoms with Gasteiger partial charge in [0.05, 0.1) is 5.75 Å². The summed E-state index contributed by atoms with van der Waals surface area (Å²) in [5, 5.41) is -0.0754. The third-order valence-electron chi connectivity index (χ3n) is 2.04. The Balaban J connectivity index is 2.79. The normalized spacial score (nSPS) is 13.9. The van der Waals surface area contributed by atoms with Crippen molar-refractivity contribution >= 4 is 21.6 Å². The van der Waals surface area contributed by atoms with Crippen molar-refractivity contribution in [3.8, 4) is 0 Å². The molecule has 6 heteroatoms. The molecular weight excluding hydrogens is 256 g/mol. The smallest absolute Gasteiger partial charge is 0.148 e. The molecule has 0 aliphatic rings. The molecule has 0 bridgehead atoms. The number of rotatable bonds is 6. The number of thioether (sulfide) groups is 1. The number of hydrogen-bond acceptors (Lipinski definition) is 5. The highest BCUT2D eigenvalue weighted by Crippen LogP contribution is 2.30. The van der Waals surface area contributed by atoms with Crippen LogP contribution in [0, 0.1) is 5.92 Å². The molecule has 0 saturated heterocycles. The number of hydrogen-bond donors (Lipinski definition) is 0. The van der Waals surface area contributed by atoms with Gasteiger partial charge in [0.2, 0.25) is 0 Å². The van der Waals surface area contributed by atoms with Crippen LogP contribution in [0.3, 0.4) is 0 Å². The van der Waals surface area contributed by atoms with Crippen molar-refractivity contribution in [1.29, 1.82) is 0 Å². The summed E-state index contributed by atoms with van der Waals surface area (Å²) in [6.45, 7) is 4.23. The number of nitrogens with zero attached hydrogens (tertiary/aromatic N) is 2. The van der Waals surface area contributed by atoms with Gasteiger partial charge in [0.1, 0.15) is 16.2 Å². The highest BCUT2D eigenvalue weighted by Gasteiger charge is 2.18. The van der Waals surface area contributed by atoms with Crippen molar-refractivity contribution in [1.82, 2.24) is 9.97 Å². The number of aromatic nitrogens is 2. The van der Waals surface area contributed by atoms with E-state index in [1.807, 2.05) is 0 Å². The predicted molar refractivity (Wildman–Crippen MR) is 71.8 cm³/mol. The standard InChI is InChI=1S/C11H18N2O2S2/c1-9(2)6-16-11(7-17(3,14)15)10-4-12-8-13-5-10/h4-5,8-9,11H,6-7H2,1-3H3. The van der Waals surface area contributed by atoms with Gasteiger partial charge in [0.25, 0.3) is 0 Å². The monoisotopic (exact) mass is 274 g/mol. The van der Waals surface area contributed by atoms with E-state index in [-0.39, 0.29) is 11.0 Å². The van der Waals surface area contributed by atoms with Gasteiger partial charge >= 0.3 is 0 Å². The fraction of sp³-hybridized carbons (Fsp3) is 0.636. The van der Waals surface area contributed by atoms with Gasteiger partial charge in [-0.05, 0) is 11.7 Å². The molecule has 0 amide bonds. The topological polar surface area (TPSA) is 59.9 Å². The Hall–Kier alpha value is -0.620. The Morgan fingerprint density at radius 2 is 1.88 bits per heavy atom. The van der Waals surface area contributed by atoms with Crippen molar-refractivity contribution in [2.24, 2.45) is 5.92 Å². The van der Waals surface area contributed by atoms with E-state index in [4.69, 9.17) is 0 Å². The zero-order valence-corrected chi connectivity index (χ0v) is 12.0. The first kappa shape index (κ1) is 14.4. The van der Waals surface area contributed by atoms with Gasteiger partial charge in [-0.3, -0.25) is 0 Å². The van der Waals surface area contributed by atoms with Gasteiger partial charge in [-0.2, -0.15) is 11.8 Å². The molecule has 0 spiro atoms. The maximum absolute atomic E-state index is 11.4. The molecule has 0 aromatic carbocycles. The average Bonchev–Trinajstić information content (AvgIpc) is 2.24. The van der Waals surface area contributed by atoms with E-state index in [0.29, 0.717) is 5.92 Å². The van der Waals surface area contributed by atoms with Gasteiger partial charge in [-0.1, -0.05) is 13.8 Å². The predicted octanol–water partition coefficient (Wildman–Crippen LogP) is 1.95. The zero-order chi connectivity index (χ0) is 12.9. The van der Waals surface area contributed by atoms with Crippen LogP contribution >= 0.6 is 11.8 Å². The molecule has 0 N–H and O–H groups in total. The van der Waals surface area contributed by atoms with Crippen LogP contribution in [0.2, 0.25) is 0 Å². The Kier molecular flexibility index (Phi) is 5.39. The largest absolute Gasteiger partial charge is 0.244 e. The van der Waals surface area contributed by atoms with E-state index in [2.05, 4.69) is 23.8 Å². The third-order valence-corrected chi connectivity index (χ3v) is 4.89. The van der Waals surface area contributed by atoms with Crippen molar-refractivity contribution in [2.45, 2.75) is 19.1 Å². The van der Waals surface area contributed by atoms with E-state index < -0.39 is 9.84 Å².